The zero-order valence-corrected chi connectivity index (χ0v) is 42.0. The summed E-state index contributed by atoms with van der Waals surface area (Å²) in [6.07, 6.45) is 73.0. The van der Waals surface area contributed by atoms with Crippen LogP contribution in [0.4, 0.5) is 0 Å². The summed E-state index contributed by atoms with van der Waals surface area (Å²) in [6.45, 7) is 7.49. The molecule has 0 saturated heterocycles. The first kappa shape index (κ1) is 60.8. The minimum atomic E-state index is -0.442. The van der Waals surface area contributed by atoms with Gasteiger partial charge in [0.2, 0.25) is 0 Å². The summed E-state index contributed by atoms with van der Waals surface area (Å²) in [4.78, 5) is 25.2. The van der Waals surface area contributed by atoms with Crippen molar-refractivity contribution in [3.63, 3.8) is 0 Å². The van der Waals surface area contributed by atoms with Gasteiger partial charge in [0, 0.05) is 19.4 Å². The highest BCUT2D eigenvalue weighted by atomic mass is 16.6. The van der Waals surface area contributed by atoms with E-state index >= 15 is 0 Å². The van der Waals surface area contributed by atoms with Gasteiger partial charge in [0.05, 0.1) is 0 Å². The maximum Gasteiger partial charge on any atom is 0.305 e. The van der Waals surface area contributed by atoms with Crippen LogP contribution in [-0.2, 0) is 23.8 Å². The number of unbranched alkanes of at least 4 members (excludes halogenated alkanes) is 21. The number of hydrogen-bond donors (Lipinski definition) is 0. The fraction of sp³-hybridized carbons (Fsp3) is 0.695. The third-order valence-electron chi connectivity index (χ3n) is 11.1. The van der Waals surface area contributed by atoms with Gasteiger partial charge in [-0.1, -0.05) is 227 Å². The van der Waals surface area contributed by atoms with Crippen LogP contribution < -0.4 is 0 Å². The summed E-state index contributed by atoms with van der Waals surface area (Å²) in [5.74, 6) is -0.443. The van der Waals surface area contributed by atoms with Crippen molar-refractivity contribution in [2.75, 3.05) is 19.8 Å². The number of hydrogen-bond acceptors (Lipinski definition) is 5. The topological polar surface area (TPSA) is 61.8 Å². The lowest BCUT2D eigenvalue weighted by Crippen LogP contribution is -2.29. The maximum atomic E-state index is 12.6. The molecule has 0 radical (unpaired) electrons. The van der Waals surface area contributed by atoms with Crippen LogP contribution in [-0.4, -0.2) is 37.9 Å². The lowest BCUT2D eigenvalue weighted by molar-refractivity contribution is -0.155. The third-order valence-corrected chi connectivity index (χ3v) is 11.1. The normalized spacial score (nSPS) is 13.0. The van der Waals surface area contributed by atoms with Gasteiger partial charge in [0.1, 0.15) is 19.3 Å². The van der Waals surface area contributed by atoms with Crippen molar-refractivity contribution in [3.05, 3.63) is 97.2 Å². The Morgan fingerprint density at radius 3 is 1.06 bits per heavy atom. The summed E-state index contributed by atoms with van der Waals surface area (Å²) in [7, 11) is 0. The van der Waals surface area contributed by atoms with E-state index in [2.05, 4.69) is 118 Å². The molecule has 5 heteroatoms. The molecule has 0 aromatic carbocycles. The molecule has 1 atom stereocenters. The van der Waals surface area contributed by atoms with Gasteiger partial charge in [-0.2, -0.15) is 0 Å². The number of rotatable bonds is 48. The van der Waals surface area contributed by atoms with Gasteiger partial charge >= 0.3 is 11.9 Å². The molecule has 0 unspecified atom stereocenters. The zero-order valence-electron chi connectivity index (χ0n) is 42.0. The Morgan fingerprint density at radius 2 is 0.656 bits per heavy atom. The number of allylic oxidation sites excluding steroid dienone is 16. The second-order valence-corrected chi connectivity index (χ2v) is 17.4. The molecule has 0 rings (SSSR count). The van der Waals surface area contributed by atoms with Crippen LogP contribution in [0.25, 0.3) is 0 Å². The molecule has 366 valence electrons. The predicted molar refractivity (Wildman–Crippen MR) is 279 cm³/mol. The quantitative estimate of drug-likeness (QED) is 0.0346. The van der Waals surface area contributed by atoms with Crippen molar-refractivity contribution in [2.45, 2.75) is 245 Å². The van der Waals surface area contributed by atoms with Crippen LogP contribution in [0.1, 0.15) is 239 Å². The summed E-state index contributed by atoms with van der Waals surface area (Å²) >= 11 is 0. The lowest BCUT2D eigenvalue weighted by atomic mass is 10.0. The first-order valence-electron chi connectivity index (χ1n) is 26.8. The van der Waals surface area contributed by atoms with Gasteiger partial charge in [0.15, 0.2) is 0 Å². The minimum absolute atomic E-state index is 0.112. The molecule has 0 aliphatic heterocycles. The zero-order chi connectivity index (χ0) is 46.3. The molecule has 64 heavy (non-hydrogen) atoms. The standard InChI is InChI=1S/C59H100O5/c1-4-7-10-13-16-19-22-25-28-30-32-35-38-41-44-47-50-53-59(61)64-56-57(62-54-51-48-45-42-39-36-33-29-26-23-20-17-14-11-8-5-2)55-63-58(60)52-49-46-43-40-37-34-31-27-24-21-18-15-12-9-6-3/h7,10,16,18-19,21,25,27-28,31-32,35,37,40-41,44,57H,4-6,8-9,11-15,17,20,22-24,26,29-30,33-34,36,38-39,42-43,45-56H2,1-3H3/b10-7-,19-16-,21-18-,28-25-,31-27-,35-32-,40-37-,44-41-/t57-/m0/s1. The summed E-state index contributed by atoms with van der Waals surface area (Å²) < 4.78 is 17.4. The molecule has 0 aromatic heterocycles. The van der Waals surface area contributed by atoms with E-state index in [1.807, 2.05) is 0 Å². The Kier molecular flexibility index (Phi) is 51.5. The summed E-state index contributed by atoms with van der Waals surface area (Å²) in [5.41, 5.74) is 0. The molecule has 0 amide bonds. The van der Waals surface area contributed by atoms with Gasteiger partial charge in [0.25, 0.3) is 0 Å². The third kappa shape index (κ3) is 51.5. The van der Waals surface area contributed by atoms with Crippen LogP contribution in [0.5, 0.6) is 0 Å². The SMILES string of the molecule is CC/C=C\C/C=C\C/C=C\C/C=C\C/C=C\CCCC(=O)OC[C@H](COC(=O)CCCC/C=C\C/C=C\C/C=C\CCCCC)OCCCCCCCCCCCCCCCCCC. The average molecular weight is 889 g/mol. The van der Waals surface area contributed by atoms with Crippen LogP contribution >= 0.6 is 0 Å². The Balaban J connectivity index is 4.41. The van der Waals surface area contributed by atoms with Crippen molar-refractivity contribution in [1.82, 2.24) is 0 Å². The predicted octanol–water partition coefficient (Wildman–Crippen LogP) is 18.2. The molecule has 0 N–H and O–H groups in total. The van der Waals surface area contributed by atoms with Crippen LogP contribution in [0.15, 0.2) is 97.2 Å². The molecule has 0 spiro atoms. The van der Waals surface area contributed by atoms with E-state index in [1.54, 1.807) is 0 Å². The van der Waals surface area contributed by atoms with Crippen LogP contribution in [0.3, 0.4) is 0 Å². The molecule has 0 aliphatic rings. The largest absolute Gasteiger partial charge is 0.463 e. The van der Waals surface area contributed by atoms with E-state index in [1.165, 1.54) is 116 Å². The van der Waals surface area contributed by atoms with Crippen molar-refractivity contribution in [2.24, 2.45) is 0 Å². The van der Waals surface area contributed by atoms with Gasteiger partial charge < -0.3 is 14.2 Å². The van der Waals surface area contributed by atoms with Crippen molar-refractivity contribution in [3.8, 4) is 0 Å². The Morgan fingerprint density at radius 1 is 0.344 bits per heavy atom. The van der Waals surface area contributed by atoms with Crippen LogP contribution in [0.2, 0.25) is 0 Å². The summed E-state index contributed by atoms with van der Waals surface area (Å²) in [5, 5.41) is 0. The smallest absolute Gasteiger partial charge is 0.305 e. The number of esters is 2. The average Bonchev–Trinajstić information content (AvgIpc) is 3.30. The van der Waals surface area contributed by atoms with Gasteiger partial charge in [-0.15, -0.1) is 0 Å². The second kappa shape index (κ2) is 54.2. The van der Waals surface area contributed by atoms with E-state index in [0.29, 0.717) is 19.4 Å². The summed E-state index contributed by atoms with van der Waals surface area (Å²) in [6, 6.07) is 0. The number of carbonyl (C=O) groups is 2. The van der Waals surface area contributed by atoms with E-state index in [0.717, 1.165) is 89.9 Å². The molecule has 0 bridgehead atoms. The van der Waals surface area contributed by atoms with E-state index in [4.69, 9.17) is 14.2 Å². The molecule has 0 fully saturated rings. The molecular formula is C59H100O5. The van der Waals surface area contributed by atoms with Gasteiger partial charge in [-0.05, 0) is 96.3 Å². The monoisotopic (exact) mass is 889 g/mol. The van der Waals surface area contributed by atoms with Crippen molar-refractivity contribution < 1.29 is 23.8 Å². The van der Waals surface area contributed by atoms with Crippen molar-refractivity contribution >= 4 is 11.9 Å². The highest BCUT2D eigenvalue weighted by Gasteiger charge is 2.16. The molecule has 0 aliphatic carbocycles. The van der Waals surface area contributed by atoms with Gasteiger partial charge in [-0.25, -0.2) is 0 Å². The Hall–Kier alpha value is -3.18. The van der Waals surface area contributed by atoms with E-state index < -0.39 is 6.10 Å². The molecular weight excluding hydrogens is 789 g/mol. The minimum Gasteiger partial charge on any atom is -0.463 e. The molecule has 5 nitrogen and oxygen atoms in total. The fourth-order valence-electron chi connectivity index (χ4n) is 7.11. The van der Waals surface area contributed by atoms with E-state index in [9.17, 15) is 9.59 Å². The molecule has 0 aromatic rings. The first-order valence-corrected chi connectivity index (χ1v) is 26.8. The second-order valence-electron chi connectivity index (χ2n) is 17.4. The maximum absolute atomic E-state index is 12.6. The number of ether oxygens (including phenoxy) is 3. The fourth-order valence-corrected chi connectivity index (χ4v) is 7.11. The highest BCUT2D eigenvalue weighted by Crippen LogP contribution is 2.14. The Labute approximate surface area is 396 Å². The van der Waals surface area contributed by atoms with E-state index in [-0.39, 0.29) is 25.2 Å². The molecule has 0 heterocycles. The van der Waals surface area contributed by atoms with Gasteiger partial charge in [-0.3, -0.25) is 9.59 Å². The van der Waals surface area contributed by atoms with Crippen molar-refractivity contribution in [1.29, 1.82) is 0 Å². The number of carbonyl (C=O) groups excluding carboxylic acids is 2. The Bertz CT molecular complexity index is 1230. The van der Waals surface area contributed by atoms with Crippen LogP contribution in [0, 0.1) is 0 Å². The first-order chi connectivity index (χ1) is 31.6. The highest BCUT2D eigenvalue weighted by molar-refractivity contribution is 5.69. The lowest BCUT2D eigenvalue weighted by Gasteiger charge is -2.18. The molecule has 0 saturated carbocycles.